The Morgan fingerprint density at radius 3 is 2.50 bits per heavy atom. The minimum atomic E-state index is -3.95. The van der Waals surface area contributed by atoms with E-state index >= 15 is 0 Å². The van der Waals surface area contributed by atoms with Crippen LogP contribution in [-0.2, 0) is 26.1 Å². The molecule has 7 nitrogen and oxygen atoms in total. The summed E-state index contributed by atoms with van der Waals surface area (Å²) < 4.78 is 56.0. The summed E-state index contributed by atoms with van der Waals surface area (Å²) in [4.78, 5) is 12.3. The first-order valence-corrected chi connectivity index (χ1v) is 11.0. The lowest BCUT2D eigenvalue weighted by molar-refractivity contribution is 0.0472. The fraction of sp³-hybridized carbons (Fsp3) is 0.316. The largest absolute Gasteiger partial charge is 0.494 e. The molecular weight excluding hydrogens is 460 g/mol. The molecule has 0 bridgehead atoms. The lowest BCUT2D eigenvalue weighted by atomic mass is 10.2. The number of hydrogen-bond acceptors (Lipinski definition) is 6. The molecule has 30 heavy (non-hydrogen) atoms. The van der Waals surface area contributed by atoms with E-state index < -0.39 is 21.8 Å². The highest BCUT2D eigenvalue weighted by molar-refractivity contribution is 7.89. The highest BCUT2D eigenvalue weighted by Crippen LogP contribution is 2.31. The molecule has 0 atom stereocenters. The van der Waals surface area contributed by atoms with Gasteiger partial charge in [-0.05, 0) is 29.8 Å². The normalized spacial score (nSPS) is 15.1. The molecule has 0 radical (unpaired) electrons. The van der Waals surface area contributed by atoms with E-state index in [9.17, 15) is 17.6 Å². The zero-order chi connectivity index (χ0) is 21.9. The quantitative estimate of drug-likeness (QED) is 0.592. The lowest BCUT2D eigenvalue weighted by Crippen LogP contribution is -2.40. The van der Waals surface area contributed by atoms with Gasteiger partial charge in [0, 0.05) is 13.1 Å². The maximum Gasteiger partial charge on any atom is 0.340 e. The third-order valence-electron chi connectivity index (χ3n) is 4.42. The van der Waals surface area contributed by atoms with Gasteiger partial charge in [-0.3, -0.25) is 0 Å². The number of nitrogens with zero attached hydrogens (tertiary/aromatic N) is 1. The summed E-state index contributed by atoms with van der Waals surface area (Å²) in [5, 5.41) is -0.174. The van der Waals surface area contributed by atoms with Crippen molar-refractivity contribution >= 4 is 39.2 Å². The molecule has 0 aliphatic carbocycles. The maximum absolute atomic E-state index is 13.8. The number of ether oxygens (including phenoxy) is 3. The number of methoxy groups -OCH3 is 1. The van der Waals surface area contributed by atoms with E-state index in [2.05, 4.69) is 0 Å². The SMILES string of the molecule is COc1ccc(COC(=O)c2cc(S(=O)(=O)N3CCOCC3)c(Cl)cc2Cl)cc1F. The molecule has 11 heteroatoms. The van der Waals surface area contributed by atoms with Crippen molar-refractivity contribution in [2.24, 2.45) is 0 Å². The molecule has 1 aliphatic rings. The van der Waals surface area contributed by atoms with E-state index in [0.29, 0.717) is 5.56 Å². The number of rotatable bonds is 6. The summed E-state index contributed by atoms with van der Waals surface area (Å²) in [5.74, 6) is -1.41. The van der Waals surface area contributed by atoms with Crippen molar-refractivity contribution in [2.75, 3.05) is 33.4 Å². The Kier molecular flexibility index (Phi) is 7.20. The van der Waals surface area contributed by atoms with Crippen LogP contribution in [0.5, 0.6) is 5.75 Å². The number of esters is 1. The lowest BCUT2D eigenvalue weighted by Gasteiger charge is -2.26. The number of carbonyl (C=O) groups excluding carboxylic acids is 1. The molecule has 0 spiro atoms. The van der Waals surface area contributed by atoms with Crippen molar-refractivity contribution in [1.82, 2.24) is 4.31 Å². The standard InChI is InChI=1S/C19H18Cl2FNO6S/c1-27-17-3-2-12(8-16(17)22)11-29-19(24)13-9-18(15(21)10-14(13)20)30(25,26)23-4-6-28-7-5-23/h2-3,8-10H,4-7,11H2,1H3. The Labute approximate surface area is 183 Å². The summed E-state index contributed by atoms with van der Waals surface area (Å²) in [6.07, 6.45) is 0. The molecule has 0 aromatic heterocycles. The molecular formula is C19H18Cl2FNO6S. The average molecular weight is 478 g/mol. The molecule has 1 heterocycles. The minimum Gasteiger partial charge on any atom is -0.494 e. The smallest absolute Gasteiger partial charge is 0.340 e. The summed E-state index contributed by atoms with van der Waals surface area (Å²) in [5.41, 5.74) is 0.217. The number of morpholine rings is 1. The fourth-order valence-electron chi connectivity index (χ4n) is 2.84. The topological polar surface area (TPSA) is 82.1 Å². The zero-order valence-corrected chi connectivity index (χ0v) is 18.2. The second-order valence-electron chi connectivity index (χ2n) is 6.32. The Morgan fingerprint density at radius 1 is 1.17 bits per heavy atom. The van der Waals surface area contributed by atoms with Gasteiger partial charge in [0.1, 0.15) is 11.5 Å². The van der Waals surface area contributed by atoms with Crippen LogP contribution in [0.3, 0.4) is 0 Å². The summed E-state index contributed by atoms with van der Waals surface area (Å²) >= 11 is 12.2. The third kappa shape index (κ3) is 4.87. The Balaban J connectivity index is 1.82. The van der Waals surface area contributed by atoms with Crippen molar-refractivity contribution in [1.29, 1.82) is 0 Å². The van der Waals surface area contributed by atoms with Crippen LogP contribution in [0.4, 0.5) is 4.39 Å². The summed E-state index contributed by atoms with van der Waals surface area (Å²) in [7, 11) is -2.62. The van der Waals surface area contributed by atoms with E-state index in [4.69, 9.17) is 37.4 Å². The van der Waals surface area contributed by atoms with Crippen molar-refractivity contribution in [3.63, 3.8) is 0 Å². The van der Waals surface area contributed by atoms with E-state index in [0.717, 1.165) is 6.07 Å². The van der Waals surface area contributed by atoms with Gasteiger partial charge in [0.05, 0.1) is 35.9 Å². The molecule has 0 N–H and O–H groups in total. The second-order valence-corrected chi connectivity index (χ2v) is 9.04. The first-order chi connectivity index (χ1) is 14.2. The Hall–Kier alpha value is -1.91. The summed E-state index contributed by atoms with van der Waals surface area (Å²) in [6.45, 7) is 0.619. The van der Waals surface area contributed by atoms with Gasteiger partial charge >= 0.3 is 5.97 Å². The zero-order valence-electron chi connectivity index (χ0n) is 15.9. The molecule has 2 aromatic rings. The van der Waals surface area contributed by atoms with E-state index in [-0.39, 0.29) is 59.2 Å². The van der Waals surface area contributed by atoms with Crippen molar-refractivity contribution < 1.29 is 31.8 Å². The molecule has 1 aliphatic heterocycles. The van der Waals surface area contributed by atoms with Gasteiger partial charge < -0.3 is 14.2 Å². The first-order valence-electron chi connectivity index (χ1n) is 8.80. The molecule has 3 rings (SSSR count). The van der Waals surface area contributed by atoms with Crippen LogP contribution in [0, 0.1) is 5.82 Å². The van der Waals surface area contributed by atoms with E-state index in [1.54, 1.807) is 0 Å². The van der Waals surface area contributed by atoms with Gasteiger partial charge in [-0.1, -0.05) is 29.3 Å². The van der Waals surface area contributed by atoms with Crippen LogP contribution >= 0.6 is 23.2 Å². The van der Waals surface area contributed by atoms with Crippen LogP contribution in [0.1, 0.15) is 15.9 Å². The fourth-order valence-corrected chi connectivity index (χ4v) is 5.07. The number of benzene rings is 2. The predicted octanol–water partition coefficient (Wildman–Crippen LogP) is 3.52. The maximum atomic E-state index is 13.8. The minimum absolute atomic E-state index is 0.0591. The van der Waals surface area contributed by atoms with Crippen molar-refractivity contribution in [2.45, 2.75) is 11.5 Å². The average Bonchev–Trinajstić information content (AvgIpc) is 2.72. The van der Waals surface area contributed by atoms with Crippen molar-refractivity contribution in [3.8, 4) is 5.75 Å². The van der Waals surface area contributed by atoms with Gasteiger partial charge in [-0.2, -0.15) is 4.31 Å². The highest BCUT2D eigenvalue weighted by Gasteiger charge is 2.30. The number of halogens is 3. The molecule has 162 valence electrons. The molecule has 1 fully saturated rings. The van der Waals surface area contributed by atoms with E-state index in [1.165, 1.54) is 35.7 Å². The van der Waals surface area contributed by atoms with Gasteiger partial charge in [-0.15, -0.1) is 0 Å². The molecule has 0 amide bonds. The third-order valence-corrected chi connectivity index (χ3v) is 7.09. The van der Waals surface area contributed by atoms with Crippen LogP contribution in [0.2, 0.25) is 10.0 Å². The van der Waals surface area contributed by atoms with Gasteiger partial charge in [0.2, 0.25) is 10.0 Å². The molecule has 0 saturated carbocycles. The second kappa shape index (κ2) is 9.49. The number of hydrogen-bond donors (Lipinski definition) is 0. The highest BCUT2D eigenvalue weighted by atomic mass is 35.5. The molecule has 1 saturated heterocycles. The first kappa shape index (κ1) is 22.8. The Morgan fingerprint density at radius 2 is 1.87 bits per heavy atom. The van der Waals surface area contributed by atoms with Gasteiger partial charge in [0.15, 0.2) is 11.6 Å². The summed E-state index contributed by atoms with van der Waals surface area (Å²) in [6, 6.07) is 6.38. The number of carbonyl (C=O) groups is 1. The van der Waals surface area contributed by atoms with Crippen LogP contribution in [-0.4, -0.2) is 52.1 Å². The Bertz CT molecular complexity index is 1060. The molecule has 0 unspecified atom stereocenters. The van der Waals surface area contributed by atoms with Crippen LogP contribution in [0.25, 0.3) is 0 Å². The predicted molar refractivity (Wildman–Crippen MR) is 108 cm³/mol. The van der Waals surface area contributed by atoms with Crippen molar-refractivity contribution in [3.05, 3.63) is 57.3 Å². The molecule has 2 aromatic carbocycles. The monoisotopic (exact) mass is 477 g/mol. The van der Waals surface area contributed by atoms with Gasteiger partial charge in [0.25, 0.3) is 0 Å². The van der Waals surface area contributed by atoms with Crippen LogP contribution < -0.4 is 4.74 Å². The number of sulfonamides is 1. The van der Waals surface area contributed by atoms with Crippen LogP contribution in [0.15, 0.2) is 35.2 Å². The van der Waals surface area contributed by atoms with E-state index in [1.807, 2.05) is 0 Å². The van der Waals surface area contributed by atoms with Gasteiger partial charge in [-0.25, -0.2) is 17.6 Å².